The first kappa shape index (κ1) is 18.6. The van der Waals surface area contributed by atoms with Crippen molar-refractivity contribution in [2.75, 3.05) is 6.61 Å². The summed E-state index contributed by atoms with van der Waals surface area (Å²) in [5.74, 6) is 0.560. The number of hydrogen-bond donors (Lipinski definition) is 1. The van der Waals surface area contributed by atoms with Crippen LogP contribution >= 0.6 is 35.4 Å². The van der Waals surface area contributed by atoms with Crippen LogP contribution in [0.1, 0.15) is 5.56 Å². The van der Waals surface area contributed by atoms with Crippen LogP contribution in [0, 0.1) is 16.0 Å². The Morgan fingerprint density at radius 1 is 1.00 bits per heavy atom. The highest BCUT2D eigenvalue weighted by Crippen LogP contribution is 2.29. The molecule has 0 aliphatic carbocycles. The lowest BCUT2D eigenvalue weighted by Crippen LogP contribution is -2.12. The van der Waals surface area contributed by atoms with Crippen molar-refractivity contribution < 1.29 is 5.11 Å². The van der Waals surface area contributed by atoms with Crippen LogP contribution < -0.4 is 0 Å². The van der Waals surface area contributed by atoms with Gasteiger partial charge in [-0.15, -0.1) is 0 Å². The molecule has 0 amide bonds. The fourth-order valence-electron chi connectivity index (χ4n) is 2.60. The quantitative estimate of drug-likeness (QED) is 0.616. The first-order valence-corrected chi connectivity index (χ1v) is 8.89. The van der Waals surface area contributed by atoms with Crippen LogP contribution in [-0.2, 0) is 6.54 Å². The molecule has 3 aromatic rings. The monoisotopic (exact) mass is 401 g/mol. The van der Waals surface area contributed by atoms with Crippen molar-refractivity contribution >= 4 is 35.4 Å². The van der Waals surface area contributed by atoms with E-state index in [0.29, 0.717) is 26.2 Å². The van der Waals surface area contributed by atoms with Gasteiger partial charge in [-0.1, -0.05) is 47.6 Å². The number of rotatable bonds is 4. The zero-order valence-corrected chi connectivity index (χ0v) is 15.8. The van der Waals surface area contributed by atoms with E-state index >= 15 is 0 Å². The average molecular weight is 402 g/mol. The van der Waals surface area contributed by atoms with Gasteiger partial charge >= 0.3 is 0 Å². The standard InChI is InChI=1S/C19H13Cl2N3OS/c20-14-5-1-12(2-6-14)17-16(11-22)19(26)24(9-10-25)18(23-17)13-3-7-15(21)8-4-13/h1-8,25H,9-10H2. The van der Waals surface area contributed by atoms with E-state index in [1.54, 1.807) is 41.0 Å². The summed E-state index contributed by atoms with van der Waals surface area (Å²) in [4.78, 5) is 4.70. The number of aliphatic hydroxyl groups is 1. The average Bonchev–Trinajstić information content (AvgIpc) is 2.65. The number of halogens is 2. The van der Waals surface area contributed by atoms with Crippen LogP contribution in [0.4, 0.5) is 0 Å². The first-order chi connectivity index (χ1) is 12.5. The van der Waals surface area contributed by atoms with E-state index in [0.717, 1.165) is 11.1 Å². The van der Waals surface area contributed by atoms with Gasteiger partial charge in [0.05, 0.1) is 12.3 Å². The van der Waals surface area contributed by atoms with Gasteiger partial charge < -0.3 is 9.67 Å². The molecule has 26 heavy (non-hydrogen) atoms. The summed E-state index contributed by atoms with van der Waals surface area (Å²) in [6.07, 6.45) is 0. The number of aliphatic hydroxyl groups excluding tert-OH is 1. The summed E-state index contributed by atoms with van der Waals surface area (Å²) in [6.45, 7) is 0.112. The van der Waals surface area contributed by atoms with Crippen molar-refractivity contribution in [3.63, 3.8) is 0 Å². The van der Waals surface area contributed by atoms with E-state index < -0.39 is 0 Å². The van der Waals surface area contributed by atoms with Crippen molar-refractivity contribution in [3.8, 4) is 28.7 Å². The smallest absolute Gasteiger partial charge is 0.141 e. The summed E-state index contributed by atoms with van der Waals surface area (Å²) in [5.41, 5.74) is 2.29. The Balaban J connectivity index is 2.32. The zero-order chi connectivity index (χ0) is 18.7. The Hall–Kier alpha value is -2.23. The highest BCUT2D eigenvalue weighted by atomic mass is 35.5. The Bertz CT molecular complexity index is 1040. The molecule has 0 aliphatic rings. The van der Waals surface area contributed by atoms with Crippen LogP contribution in [0.25, 0.3) is 22.6 Å². The summed E-state index contributed by atoms with van der Waals surface area (Å²) >= 11 is 17.5. The predicted molar refractivity (Wildman–Crippen MR) is 106 cm³/mol. The van der Waals surface area contributed by atoms with E-state index in [9.17, 15) is 10.4 Å². The Kier molecular flexibility index (Phi) is 5.70. The molecule has 3 rings (SSSR count). The van der Waals surface area contributed by atoms with Gasteiger partial charge in [-0.05, 0) is 36.4 Å². The number of nitrogens with zero attached hydrogens (tertiary/aromatic N) is 3. The lowest BCUT2D eigenvalue weighted by atomic mass is 10.1. The van der Waals surface area contributed by atoms with Gasteiger partial charge in [0.2, 0.25) is 0 Å². The summed E-state index contributed by atoms with van der Waals surface area (Å²) in [7, 11) is 0. The van der Waals surface area contributed by atoms with Gasteiger partial charge in [0.15, 0.2) is 0 Å². The molecule has 1 aromatic heterocycles. The van der Waals surface area contributed by atoms with Gasteiger partial charge in [0, 0.05) is 27.7 Å². The highest BCUT2D eigenvalue weighted by molar-refractivity contribution is 7.71. The lowest BCUT2D eigenvalue weighted by molar-refractivity contribution is 0.275. The van der Waals surface area contributed by atoms with Crippen LogP contribution in [0.15, 0.2) is 48.5 Å². The van der Waals surface area contributed by atoms with Crippen LogP contribution in [0.3, 0.4) is 0 Å². The van der Waals surface area contributed by atoms with Gasteiger partial charge in [-0.3, -0.25) is 0 Å². The molecule has 0 atom stereocenters. The lowest BCUT2D eigenvalue weighted by Gasteiger charge is -2.16. The fourth-order valence-corrected chi connectivity index (χ4v) is 3.17. The number of benzene rings is 2. The van der Waals surface area contributed by atoms with Gasteiger partial charge in [0.1, 0.15) is 22.1 Å². The number of nitriles is 1. The van der Waals surface area contributed by atoms with Gasteiger partial charge in [-0.2, -0.15) is 5.26 Å². The molecule has 7 heteroatoms. The van der Waals surface area contributed by atoms with Crippen LogP contribution in [-0.4, -0.2) is 21.3 Å². The minimum absolute atomic E-state index is 0.123. The van der Waals surface area contributed by atoms with E-state index in [2.05, 4.69) is 6.07 Å². The zero-order valence-electron chi connectivity index (χ0n) is 13.5. The molecule has 0 spiro atoms. The normalized spacial score (nSPS) is 10.5. The van der Waals surface area contributed by atoms with E-state index in [1.807, 2.05) is 12.1 Å². The Labute approximate surface area is 165 Å². The molecule has 1 N–H and O–H groups in total. The molecule has 2 aromatic carbocycles. The van der Waals surface area contributed by atoms with Crippen molar-refractivity contribution in [1.82, 2.24) is 9.55 Å². The molecule has 0 unspecified atom stereocenters. The largest absolute Gasteiger partial charge is 0.395 e. The molecule has 0 radical (unpaired) electrons. The Morgan fingerprint density at radius 3 is 2.04 bits per heavy atom. The highest BCUT2D eigenvalue weighted by Gasteiger charge is 2.16. The summed E-state index contributed by atoms with van der Waals surface area (Å²) in [6, 6.07) is 16.4. The topological polar surface area (TPSA) is 61.8 Å². The third-order valence-electron chi connectivity index (χ3n) is 3.82. The molecular weight excluding hydrogens is 389 g/mol. The maximum absolute atomic E-state index is 9.63. The van der Waals surface area contributed by atoms with E-state index in [1.165, 1.54) is 0 Å². The summed E-state index contributed by atoms with van der Waals surface area (Å²) in [5, 5.41) is 20.3. The SMILES string of the molecule is N#Cc1c(-c2ccc(Cl)cc2)nc(-c2ccc(Cl)cc2)n(CCO)c1=S. The maximum Gasteiger partial charge on any atom is 0.141 e. The van der Waals surface area contributed by atoms with Crippen molar-refractivity contribution in [2.45, 2.75) is 6.54 Å². The van der Waals surface area contributed by atoms with E-state index in [-0.39, 0.29) is 18.7 Å². The van der Waals surface area contributed by atoms with Gasteiger partial charge in [0.25, 0.3) is 0 Å². The molecule has 4 nitrogen and oxygen atoms in total. The molecule has 0 fully saturated rings. The summed E-state index contributed by atoms with van der Waals surface area (Å²) < 4.78 is 1.99. The fraction of sp³-hybridized carbons (Fsp3) is 0.105. The second kappa shape index (κ2) is 7.98. The molecule has 0 bridgehead atoms. The van der Waals surface area contributed by atoms with Gasteiger partial charge in [-0.25, -0.2) is 4.98 Å². The maximum atomic E-state index is 9.63. The van der Waals surface area contributed by atoms with Crippen LogP contribution in [0.5, 0.6) is 0 Å². The van der Waals surface area contributed by atoms with Crippen molar-refractivity contribution in [1.29, 1.82) is 5.26 Å². The molecule has 1 heterocycles. The molecule has 130 valence electrons. The second-order valence-corrected chi connectivity index (χ2v) is 6.72. The molecular formula is C19H13Cl2N3OS. The van der Waals surface area contributed by atoms with Crippen LogP contribution in [0.2, 0.25) is 10.0 Å². The number of aromatic nitrogens is 2. The third kappa shape index (κ3) is 3.64. The molecule has 0 saturated carbocycles. The molecule has 0 aliphatic heterocycles. The van der Waals surface area contributed by atoms with E-state index in [4.69, 9.17) is 40.4 Å². The number of hydrogen-bond acceptors (Lipinski definition) is 4. The Morgan fingerprint density at radius 2 is 1.54 bits per heavy atom. The predicted octanol–water partition coefficient (Wildman–Crippen LogP) is 5.12. The third-order valence-corrected chi connectivity index (χ3v) is 4.75. The first-order valence-electron chi connectivity index (χ1n) is 7.73. The molecule has 0 saturated heterocycles. The minimum Gasteiger partial charge on any atom is -0.395 e. The second-order valence-electron chi connectivity index (χ2n) is 5.47. The minimum atomic E-state index is -0.123. The van der Waals surface area contributed by atoms with Crippen molar-refractivity contribution in [2.24, 2.45) is 0 Å². The van der Waals surface area contributed by atoms with Crippen molar-refractivity contribution in [3.05, 3.63) is 68.8 Å².